The Kier molecular flexibility index (Phi) is 46.0. The van der Waals surface area contributed by atoms with Gasteiger partial charge in [0.1, 0.15) is 63.5 Å². The number of hydrogen-bond acceptors (Lipinski definition) is 4. The van der Waals surface area contributed by atoms with Gasteiger partial charge in [-0.25, -0.2) is 17.6 Å². The third-order valence-corrected chi connectivity index (χ3v) is 22.5. The van der Waals surface area contributed by atoms with Crippen LogP contribution < -0.4 is 18.9 Å². The van der Waals surface area contributed by atoms with Crippen LogP contribution in [0.3, 0.4) is 0 Å². The minimum absolute atomic E-state index is 0. The van der Waals surface area contributed by atoms with E-state index in [0.29, 0.717) is 16.9 Å². The van der Waals surface area contributed by atoms with Crippen LogP contribution in [-0.4, -0.2) is 7.11 Å². The maximum absolute atomic E-state index is 13.3. The zero-order chi connectivity index (χ0) is 103. The molecule has 0 aliphatic carbocycles. The molecule has 0 heterocycles. The molecule has 8 heteroatoms. The molecule has 0 radical (unpaired) electrons. The third kappa shape index (κ3) is 44.4. The summed E-state index contributed by atoms with van der Waals surface area (Å²) >= 11 is 0. The molecule has 0 spiro atoms. The van der Waals surface area contributed by atoms with Gasteiger partial charge in [-0.2, -0.15) is 0 Å². The van der Waals surface area contributed by atoms with Crippen LogP contribution in [0.15, 0.2) is 291 Å². The average molecular weight is 1860 g/mol. The van der Waals surface area contributed by atoms with Gasteiger partial charge in [0, 0.05) is 0 Å². The van der Waals surface area contributed by atoms with E-state index < -0.39 is 0 Å². The Bertz CT molecular complexity index is 5670. The fraction of sp³-hybridized carbons (Fsp3) is 0.395. The van der Waals surface area contributed by atoms with Gasteiger partial charge in [-0.3, -0.25) is 0 Å². The van der Waals surface area contributed by atoms with Crippen LogP contribution in [0.2, 0.25) is 0 Å². The highest BCUT2D eigenvalue weighted by atomic mass is 19.1. The fourth-order valence-corrected chi connectivity index (χ4v) is 13.4. The summed E-state index contributed by atoms with van der Waals surface area (Å²) in [7, 11) is 1.73. The molecule has 0 saturated carbocycles. The standard InChI is InChI=1S/C17H19FO.2C17H20O.C12H18O.2C11H15F.3C11H16.C10H13F.CH4/c1-12-11-15(9-10-16(12)18)19-14-7-5-13(6-8-14)17(2,3)4;1-13-5-9-15(10-6-13)18-16-11-7-14(8-12-16)17(2,3)4;1-13-6-5-7-16(12-13)18-15-10-8-14(9-11-15)17(2,3)4;1-9-6-7-10(12(2,3)4)11(8-9)13-5;1-8-5-6-9(7-10(8)12)11(2,3)4;1-8-5-6-9(10(12)7-8)11(2,3)4;2*1-9-5-7-10(8-6-9)11(2,3)4;1-9-6-5-7-10(8-9)11(2,3)4;1-10(2,3)8-6-4-5-7-9(8)11;/h5-11H,1-4H3;2*5-12H,1-4H3;6-8H,1-5H3;2*5-7H,1-4H3;3*5-8H,1-4H3;4-7H,1-3H3;1H4. The molecule has 0 aromatic heterocycles. The summed E-state index contributed by atoms with van der Waals surface area (Å²) in [4.78, 5) is 0. The second kappa shape index (κ2) is 52.5. The molecule has 740 valence electrons. The zero-order valence-corrected chi connectivity index (χ0v) is 90.9. The summed E-state index contributed by atoms with van der Waals surface area (Å²) in [5, 5.41) is 0. The molecule has 0 aliphatic heterocycles. The Morgan fingerprint density at radius 2 is 0.453 bits per heavy atom. The zero-order valence-electron chi connectivity index (χ0n) is 90.9. The van der Waals surface area contributed by atoms with Gasteiger partial charge >= 0.3 is 0 Å². The lowest BCUT2D eigenvalue weighted by Gasteiger charge is -2.22. The van der Waals surface area contributed by atoms with Crippen LogP contribution in [-0.2, 0) is 54.1 Å². The molecular weight excluding hydrogens is 1690 g/mol. The van der Waals surface area contributed by atoms with Crippen molar-refractivity contribution in [2.45, 2.75) is 332 Å². The Morgan fingerprint density at radius 1 is 0.175 bits per heavy atom. The monoisotopic (exact) mass is 1860 g/mol. The summed E-state index contributed by atoms with van der Waals surface area (Å²) < 4.78 is 75.4. The second-order valence-corrected chi connectivity index (χ2v) is 46.2. The van der Waals surface area contributed by atoms with Crippen LogP contribution in [0, 0.1) is 85.6 Å². The van der Waals surface area contributed by atoms with Gasteiger partial charge in [-0.1, -0.05) is 425 Å². The first-order chi connectivity index (χ1) is 62.5. The molecule has 0 saturated heterocycles. The largest absolute Gasteiger partial charge is 0.496 e. The average Bonchev–Trinajstić information content (AvgIpc) is 0.819. The Morgan fingerprint density at radius 3 is 0.766 bits per heavy atom. The van der Waals surface area contributed by atoms with E-state index in [1.807, 2.05) is 152 Å². The van der Waals surface area contributed by atoms with Crippen molar-refractivity contribution in [3.8, 4) is 40.2 Å². The number of benzene rings is 13. The van der Waals surface area contributed by atoms with Crippen LogP contribution >= 0.6 is 0 Å². The van der Waals surface area contributed by atoms with Gasteiger partial charge in [-0.05, 0) is 303 Å². The molecule has 0 amide bonds. The predicted molar refractivity (Wildman–Crippen MR) is 587 cm³/mol. The Balaban J connectivity index is 0.000000394. The summed E-state index contributed by atoms with van der Waals surface area (Å²) in [5.41, 5.74) is 23.3. The van der Waals surface area contributed by atoms with E-state index in [9.17, 15) is 17.6 Å². The normalized spacial score (nSPS) is 11.4. The van der Waals surface area contributed by atoms with Crippen molar-refractivity contribution in [2.24, 2.45) is 0 Å². The summed E-state index contributed by atoms with van der Waals surface area (Å²) in [5.74, 6) is 5.41. The van der Waals surface area contributed by atoms with Crippen molar-refractivity contribution in [3.05, 3.63) is 420 Å². The second-order valence-electron chi connectivity index (χ2n) is 46.2. The number of rotatable bonds is 7. The van der Waals surface area contributed by atoms with E-state index in [0.717, 1.165) is 56.8 Å². The highest BCUT2D eigenvalue weighted by Crippen LogP contribution is 2.36. The quantitative estimate of drug-likeness (QED) is 0.149. The lowest BCUT2D eigenvalue weighted by atomic mass is 9.86. The lowest BCUT2D eigenvalue weighted by Crippen LogP contribution is -2.13. The first-order valence-corrected chi connectivity index (χ1v) is 47.9. The molecule has 137 heavy (non-hydrogen) atoms. The highest BCUT2D eigenvalue weighted by Gasteiger charge is 2.23. The lowest BCUT2D eigenvalue weighted by molar-refractivity contribution is 0.397. The minimum atomic E-state index is -0.213. The number of aryl methyl sites for hydroxylation is 9. The molecule has 13 rings (SSSR count). The minimum Gasteiger partial charge on any atom is -0.496 e. The van der Waals surface area contributed by atoms with Gasteiger partial charge in [-0.15, -0.1) is 0 Å². The van der Waals surface area contributed by atoms with Gasteiger partial charge < -0.3 is 18.9 Å². The molecule has 4 nitrogen and oxygen atoms in total. The van der Waals surface area contributed by atoms with E-state index in [4.69, 9.17) is 18.9 Å². The topological polar surface area (TPSA) is 36.9 Å². The third-order valence-electron chi connectivity index (χ3n) is 22.5. The molecular formula is C129H172F4O4. The number of halogens is 4. The molecule has 0 atom stereocenters. The maximum Gasteiger partial charge on any atom is 0.127 e. The molecule has 0 bridgehead atoms. The van der Waals surface area contributed by atoms with Crippen LogP contribution in [0.4, 0.5) is 17.6 Å². The van der Waals surface area contributed by atoms with E-state index in [1.54, 1.807) is 51.3 Å². The SMILES string of the molecule is C.CC(C)(C)c1ccccc1F.COc1cc(C)ccc1C(C)(C)C.Cc1cc(Oc2ccc(C(C)(C)C)cc2)ccc1F.Cc1ccc(C(C)(C)C)c(F)c1.Cc1ccc(C(C)(C)C)cc1.Cc1ccc(C(C)(C)C)cc1.Cc1ccc(C(C)(C)C)cc1F.Cc1ccc(Oc2ccc(C(C)(C)C)cc2)cc1.Cc1cccc(C(C)(C)C)c1.Cc1cccc(Oc2ccc(C(C)(C)C)cc2)c1. The molecule has 0 fully saturated rings. The first kappa shape index (κ1) is 120. The van der Waals surface area contributed by atoms with Crippen molar-refractivity contribution >= 4 is 0 Å². The first-order valence-electron chi connectivity index (χ1n) is 47.9. The van der Waals surface area contributed by atoms with Crippen LogP contribution in [0.5, 0.6) is 40.2 Å². The van der Waals surface area contributed by atoms with E-state index >= 15 is 0 Å². The molecule has 13 aromatic carbocycles. The summed E-state index contributed by atoms with van der Waals surface area (Å²) in [6.45, 7) is 82.8. The van der Waals surface area contributed by atoms with Crippen molar-refractivity contribution in [3.63, 3.8) is 0 Å². The molecule has 13 aromatic rings. The smallest absolute Gasteiger partial charge is 0.127 e. The van der Waals surface area contributed by atoms with Crippen LogP contribution in [0.1, 0.15) is 321 Å². The van der Waals surface area contributed by atoms with E-state index in [-0.39, 0.29) is 84.8 Å². The molecule has 0 aliphatic rings. The van der Waals surface area contributed by atoms with Gasteiger partial charge in [0.2, 0.25) is 0 Å². The molecule has 0 N–H and O–H groups in total. The summed E-state index contributed by atoms with van der Waals surface area (Å²) in [6, 6.07) is 95.9. The number of hydrogen-bond donors (Lipinski definition) is 0. The van der Waals surface area contributed by atoms with Crippen LogP contribution in [0.25, 0.3) is 0 Å². The van der Waals surface area contributed by atoms with Crippen molar-refractivity contribution in [2.75, 3.05) is 7.11 Å². The van der Waals surface area contributed by atoms with E-state index in [2.05, 4.69) is 353 Å². The summed E-state index contributed by atoms with van der Waals surface area (Å²) in [6.07, 6.45) is 0. The highest BCUT2D eigenvalue weighted by molar-refractivity contribution is 5.44. The van der Waals surface area contributed by atoms with Gasteiger partial charge in [0.15, 0.2) is 0 Å². The predicted octanol–water partition coefficient (Wildman–Crippen LogP) is 39.2. The van der Waals surface area contributed by atoms with Crippen molar-refractivity contribution in [1.82, 2.24) is 0 Å². The Labute approximate surface area is 830 Å². The fourth-order valence-electron chi connectivity index (χ4n) is 13.4. The van der Waals surface area contributed by atoms with Crippen molar-refractivity contribution in [1.29, 1.82) is 0 Å². The van der Waals surface area contributed by atoms with Gasteiger partial charge in [0.25, 0.3) is 0 Å². The number of methoxy groups -OCH3 is 1. The Hall–Kier alpha value is -11.2. The van der Waals surface area contributed by atoms with Crippen molar-refractivity contribution < 1.29 is 36.5 Å². The van der Waals surface area contributed by atoms with E-state index in [1.165, 1.54) is 84.5 Å². The maximum atomic E-state index is 13.3. The molecule has 0 unspecified atom stereocenters. The number of ether oxygens (including phenoxy) is 4. The van der Waals surface area contributed by atoms with Gasteiger partial charge in [0.05, 0.1) is 7.11 Å².